The lowest BCUT2D eigenvalue weighted by molar-refractivity contribution is 0.0598. The van der Waals surface area contributed by atoms with Crippen molar-refractivity contribution in [2.75, 3.05) is 13.2 Å². The number of rotatable bonds is 2. The number of imide groups is 1. The summed E-state index contributed by atoms with van der Waals surface area (Å²) in [5.41, 5.74) is 1.21. The average Bonchev–Trinajstić information content (AvgIpc) is 3.25. The highest BCUT2D eigenvalue weighted by atomic mass is 16.6. The van der Waals surface area contributed by atoms with Crippen LogP contribution in [0.15, 0.2) is 36.4 Å². The van der Waals surface area contributed by atoms with Crippen molar-refractivity contribution in [3.05, 3.63) is 47.5 Å². The van der Waals surface area contributed by atoms with Crippen molar-refractivity contribution in [2.45, 2.75) is 6.10 Å². The monoisotopic (exact) mass is 253 g/mol. The first-order chi connectivity index (χ1) is 9.25. The van der Waals surface area contributed by atoms with E-state index in [-0.39, 0.29) is 17.9 Å². The van der Waals surface area contributed by atoms with Crippen molar-refractivity contribution in [3.63, 3.8) is 0 Å². The highest BCUT2D eigenvalue weighted by Gasteiger charge is 2.36. The third-order valence-corrected chi connectivity index (χ3v) is 3.64. The molecule has 4 rings (SSSR count). The molecule has 4 nitrogen and oxygen atoms in total. The number of hydrogen-bond acceptors (Lipinski definition) is 3. The molecule has 2 aliphatic heterocycles. The molecule has 2 heterocycles. The molecule has 2 aromatic rings. The first-order valence-corrected chi connectivity index (χ1v) is 6.25. The van der Waals surface area contributed by atoms with E-state index in [0.29, 0.717) is 24.3 Å². The second-order valence-electron chi connectivity index (χ2n) is 4.89. The van der Waals surface area contributed by atoms with Gasteiger partial charge in [0, 0.05) is 16.5 Å². The van der Waals surface area contributed by atoms with Gasteiger partial charge in [-0.1, -0.05) is 24.3 Å². The van der Waals surface area contributed by atoms with E-state index in [2.05, 4.69) is 0 Å². The Hall–Kier alpha value is -2.20. The van der Waals surface area contributed by atoms with Gasteiger partial charge in [-0.2, -0.15) is 0 Å². The van der Waals surface area contributed by atoms with Gasteiger partial charge in [-0.05, 0) is 17.5 Å². The number of ether oxygens (including phenoxy) is 1. The summed E-state index contributed by atoms with van der Waals surface area (Å²) < 4.78 is 5.12. The van der Waals surface area contributed by atoms with E-state index >= 15 is 0 Å². The van der Waals surface area contributed by atoms with Crippen LogP contribution in [-0.2, 0) is 4.74 Å². The van der Waals surface area contributed by atoms with Gasteiger partial charge in [-0.3, -0.25) is 14.5 Å². The zero-order valence-corrected chi connectivity index (χ0v) is 10.1. The van der Waals surface area contributed by atoms with Crippen molar-refractivity contribution >= 4 is 22.6 Å². The molecule has 0 spiro atoms. The second-order valence-corrected chi connectivity index (χ2v) is 4.89. The van der Waals surface area contributed by atoms with Gasteiger partial charge in [0.25, 0.3) is 11.8 Å². The van der Waals surface area contributed by atoms with Crippen LogP contribution < -0.4 is 0 Å². The summed E-state index contributed by atoms with van der Waals surface area (Å²) in [6.07, 6.45) is 0.0114. The van der Waals surface area contributed by atoms with Crippen LogP contribution in [0.3, 0.4) is 0 Å². The van der Waals surface area contributed by atoms with Crippen LogP contribution in [-0.4, -0.2) is 36.0 Å². The predicted octanol–water partition coefficient (Wildman–Crippen LogP) is 1.83. The molecule has 94 valence electrons. The predicted molar refractivity (Wildman–Crippen MR) is 69.1 cm³/mol. The van der Waals surface area contributed by atoms with Gasteiger partial charge in [0.1, 0.15) is 0 Å². The van der Waals surface area contributed by atoms with Crippen molar-refractivity contribution in [2.24, 2.45) is 0 Å². The summed E-state index contributed by atoms with van der Waals surface area (Å²) in [6.45, 7) is 0.977. The maximum atomic E-state index is 12.4. The Morgan fingerprint density at radius 2 is 1.63 bits per heavy atom. The normalized spacial score (nSPS) is 21.1. The lowest BCUT2D eigenvalue weighted by Crippen LogP contribution is -2.42. The molecule has 0 bridgehead atoms. The van der Waals surface area contributed by atoms with Crippen LogP contribution >= 0.6 is 0 Å². The first-order valence-electron chi connectivity index (χ1n) is 6.25. The van der Waals surface area contributed by atoms with Crippen molar-refractivity contribution in [1.82, 2.24) is 4.90 Å². The van der Waals surface area contributed by atoms with Crippen LogP contribution in [0.2, 0.25) is 0 Å². The van der Waals surface area contributed by atoms with E-state index in [4.69, 9.17) is 4.74 Å². The van der Waals surface area contributed by atoms with Crippen molar-refractivity contribution in [3.8, 4) is 0 Å². The summed E-state index contributed by atoms with van der Waals surface area (Å²) in [7, 11) is 0. The zero-order chi connectivity index (χ0) is 13.0. The van der Waals surface area contributed by atoms with E-state index in [1.165, 1.54) is 4.90 Å². The summed E-state index contributed by atoms with van der Waals surface area (Å²) >= 11 is 0. The molecule has 1 atom stereocenters. The smallest absolute Gasteiger partial charge is 0.261 e. The third-order valence-electron chi connectivity index (χ3n) is 3.64. The van der Waals surface area contributed by atoms with Gasteiger partial charge in [-0.15, -0.1) is 0 Å². The Morgan fingerprint density at radius 1 is 1.05 bits per heavy atom. The quantitative estimate of drug-likeness (QED) is 0.606. The highest BCUT2D eigenvalue weighted by Crippen LogP contribution is 2.30. The molecule has 1 saturated heterocycles. The largest absolute Gasteiger partial charge is 0.371 e. The van der Waals surface area contributed by atoms with E-state index in [9.17, 15) is 9.59 Å². The van der Waals surface area contributed by atoms with Gasteiger partial charge < -0.3 is 4.74 Å². The average molecular weight is 253 g/mol. The van der Waals surface area contributed by atoms with Gasteiger partial charge in [-0.25, -0.2) is 0 Å². The highest BCUT2D eigenvalue weighted by molar-refractivity contribution is 6.25. The van der Waals surface area contributed by atoms with E-state index in [1.807, 2.05) is 24.3 Å². The van der Waals surface area contributed by atoms with Gasteiger partial charge in [0.05, 0.1) is 19.3 Å². The summed E-state index contributed by atoms with van der Waals surface area (Å²) in [4.78, 5) is 26.2. The summed E-state index contributed by atoms with van der Waals surface area (Å²) in [5, 5.41) is 1.70. The molecule has 0 saturated carbocycles. The fourth-order valence-electron chi connectivity index (χ4n) is 2.62. The lowest BCUT2D eigenvalue weighted by Gasteiger charge is -2.26. The van der Waals surface area contributed by atoms with Crippen LogP contribution in [0.4, 0.5) is 0 Å². The zero-order valence-electron chi connectivity index (χ0n) is 10.1. The molecule has 0 radical (unpaired) electrons. The fraction of sp³-hybridized carbons (Fsp3) is 0.200. The fourth-order valence-corrected chi connectivity index (χ4v) is 2.62. The molecule has 0 aliphatic carbocycles. The Balaban J connectivity index is 1.94. The molecular weight excluding hydrogens is 242 g/mol. The number of carbonyl (C=O) groups excluding carboxylic acids is 2. The van der Waals surface area contributed by atoms with Gasteiger partial charge >= 0.3 is 0 Å². The van der Waals surface area contributed by atoms with E-state index in [1.54, 1.807) is 12.1 Å². The number of carbonyl (C=O) groups is 2. The molecule has 19 heavy (non-hydrogen) atoms. The third kappa shape index (κ3) is 1.50. The molecule has 2 aromatic carbocycles. The minimum atomic E-state index is -0.218. The van der Waals surface area contributed by atoms with Crippen LogP contribution in [0.5, 0.6) is 0 Å². The van der Waals surface area contributed by atoms with Crippen molar-refractivity contribution in [1.29, 1.82) is 0 Å². The molecule has 2 amide bonds. The maximum absolute atomic E-state index is 12.4. The van der Waals surface area contributed by atoms with Gasteiger partial charge in [0.15, 0.2) is 0 Å². The minimum Gasteiger partial charge on any atom is -0.371 e. The molecular formula is C15H11NO3. The number of benzene rings is 2. The topological polar surface area (TPSA) is 49.9 Å². The Morgan fingerprint density at radius 3 is 2.16 bits per heavy atom. The standard InChI is InChI=1S/C15H11NO3/c17-14-11-5-1-3-9-4-2-6-12(13(9)11)15(18)16(14)7-10-8-19-10/h1-6,10H,7-8H2/t10-/m0/s1. The SMILES string of the molecule is O=C1c2cccc3cccc(c23)C(=O)N1C[C@H]1CO1. The van der Waals surface area contributed by atoms with Crippen LogP contribution in [0, 0.1) is 0 Å². The maximum Gasteiger partial charge on any atom is 0.261 e. The number of hydrogen-bond donors (Lipinski definition) is 0. The Labute approximate surface area is 109 Å². The van der Waals surface area contributed by atoms with Crippen molar-refractivity contribution < 1.29 is 14.3 Å². The Bertz CT molecular complexity index is 668. The lowest BCUT2D eigenvalue weighted by atomic mass is 9.94. The van der Waals surface area contributed by atoms with Crippen LogP contribution in [0.25, 0.3) is 10.8 Å². The summed E-state index contributed by atoms with van der Waals surface area (Å²) in [6, 6.07) is 11.1. The van der Waals surface area contributed by atoms with E-state index in [0.717, 1.165) is 10.8 Å². The minimum absolute atomic E-state index is 0.0114. The molecule has 0 aromatic heterocycles. The van der Waals surface area contributed by atoms with Crippen LogP contribution in [0.1, 0.15) is 20.7 Å². The van der Waals surface area contributed by atoms with Gasteiger partial charge in [0.2, 0.25) is 0 Å². The molecule has 0 unspecified atom stereocenters. The number of amides is 2. The molecule has 2 aliphatic rings. The number of nitrogens with zero attached hydrogens (tertiary/aromatic N) is 1. The second kappa shape index (κ2) is 3.65. The van der Waals surface area contributed by atoms with E-state index < -0.39 is 0 Å². The molecule has 4 heteroatoms. The summed E-state index contributed by atoms with van der Waals surface area (Å²) in [5.74, 6) is -0.436. The Kier molecular flexibility index (Phi) is 2.05. The first kappa shape index (κ1) is 10.7. The molecule has 1 fully saturated rings. The number of epoxide rings is 1. The molecule has 0 N–H and O–H groups in total.